The third-order valence-corrected chi connectivity index (χ3v) is 17.6. The monoisotopic (exact) mass is 1520 g/mol. The second kappa shape index (κ2) is 36.6. The first-order valence-electron chi connectivity index (χ1n) is 30.2. The Kier molecular flexibility index (Phi) is 30.6. The van der Waals surface area contributed by atoms with Crippen LogP contribution in [0.25, 0.3) is 0 Å². The molecule has 99 heavy (non-hydrogen) atoms. The summed E-state index contributed by atoms with van der Waals surface area (Å²) in [6, 6.07) is 18.1. The standard InChI is InChI=1S/C18H17FN4O2S.C15H22ClNO2.C15H12F3NO4S.C11H11Cl2NO2.C3H8NO5P.C3H9S/c1-4-5-22-13-7-12(11(19)6-14(13)25-9-16(22)24)20-17-23-10-18(2,3)8-15(23)21-26-17;1-5-13-8-6-7-11(2)15(13)17(14(18)9-16)12(3)10-19-4;1-24(21,22)12-6-9(15(16,17)18)4-5-10(12)13(20)11-7-19-23-14(11)8-2-3-8;1-7-6-16-9-5-3-2-4-8(9)14(7)11(15)10(12)13;5-3(6)1-4-2-10(7,8)9;1-4(2)3/h1,6-7H,5,8-10H2,2-3H3;6-8,12H,5,9-10H2,1-4H3;4-8H,2-3H2,1H3;2-5,7,10H,6H2,1H3;4H,1-2H2,(H,5,6)(H2,7,8,9);1-3H3/q;;;;;+1/p-1. The van der Waals surface area contributed by atoms with Gasteiger partial charge >= 0.3 is 12.1 Å². The van der Waals surface area contributed by atoms with Crippen LogP contribution in [0.1, 0.15) is 97.6 Å². The van der Waals surface area contributed by atoms with Crippen molar-refractivity contribution < 1.29 is 88.1 Å². The van der Waals surface area contributed by atoms with E-state index in [1.165, 1.54) is 34.8 Å². The number of para-hydroxylation sites is 3. The van der Waals surface area contributed by atoms with E-state index in [0.717, 1.165) is 72.9 Å². The highest BCUT2D eigenvalue weighted by atomic mass is 35.5. The maximum atomic E-state index is 14.5. The highest BCUT2D eigenvalue weighted by Crippen LogP contribution is 2.43. The van der Waals surface area contributed by atoms with Crippen molar-refractivity contribution in [2.75, 3.05) is 91.9 Å². The quantitative estimate of drug-likeness (QED) is 0.0191. The SMILES string of the molecule is C#CCN1C(=O)COc2cc(F)c(N=c3snc4n3CC(C)(C)C4)cc21.CC1COc2ccccc2N1C(=O)C(Cl)Cl.CCc1cccc(C)c1N(C(=O)CCl)C(C)COC.CS(=O)(=O)c1cc(C(F)(F)F)ccc1C(=O)c1cnoc1C1CC1.C[S+](C)C.O=C(O)CNCP(=O)([O-])O. The van der Waals surface area contributed by atoms with Gasteiger partial charge in [-0.3, -0.25) is 34.2 Å². The number of carbonyl (C=O) groups excluding carboxylic acids is 4. The fraction of sp³-hybridized carbons (Fsp3) is 0.446. The number of rotatable bonds is 17. The summed E-state index contributed by atoms with van der Waals surface area (Å²) in [7, 11) is -6.11. The van der Waals surface area contributed by atoms with Gasteiger partial charge in [-0.25, -0.2) is 17.8 Å². The van der Waals surface area contributed by atoms with Crippen LogP contribution in [0.5, 0.6) is 11.5 Å². The second-order valence-corrected chi connectivity index (χ2v) is 32.1. The number of fused-ring (bicyclic) bond motifs is 3. The number of aryl methyl sites for hydroxylation is 2. The van der Waals surface area contributed by atoms with Crippen molar-refractivity contribution >= 4 is 127 Å². The zero-order valence-corrected chi connectivity index (χ0v) is 61.6. The Labute approximate surface area is 593 Å². The van der Waals surface area contributed by atoms with Gasteiger partial charge in [0.1, 0.15) is 43.1 Å². The lowest BCUT2D eigenvalue weighted by Crippen LogP contribution is -2.47. The number of carboxylic acids is 1. The van der Waals surface area contributed by atoms with E-state index < -0.39 is 69.3 Å². The van der Waals surface area contributed by atoms with Crippen LogP contribution >= 0.6 is 53.9 Å². The first kappa shape index (κ1) is 82.8. The molecular weight excluding hydrogens is 1440 g/mol. The lowest BCUT2D eigenvalue weighted by molar-refractivity contribution is -0.193. The summed E-state index contributed by atoms with van der Waals surface area (Å²) in [6.45, 7) is 13.5. The van der Waals surface area contributed by atoms with Crippen LogP contribution in [0.4, 0.5) is 40.3 Å². The van der Waals surface area contributed by atoms with E-state index in [0.29, 0.717) is 64.0 Å². The number of ketones is 1. The van der Waals surface area contributed by atoms with Crippen LogP contribution in [0.2, 0.25) is 0 Å². The smallest absolute Gasteiger partial charge is 0.416 e. The lowest BCUT2D eigenvalue weighted by Gasteiger charge is -2.35. The molecule has 0 spiro atoms. The highest BCUT2D eigenvalue weighted by molar-refractivity contribution is 7.94. The Hall–Kier alpha value is -6.88. The summed E-state index contributed by atoms with van der Waals surface area (Å²) in [5.41, 5.74) is 3.24. The molecule has 1 fully saturated rings. The molecule has 1 aliphatic carbocycles. The maximum absolute atomic E-state index is 14.5. The fourth-order valence-corrected chi connectivity index (χ4v) is 12.4. The Morgan fingerprint density at radius 1 is 1.04 bits per heavy atom. The van der Waals surface area contributed by atoms with Crippen LogP contribution in [-0.4, -0.2) is 156 Å². The zero-order valence-electron chi connectivity index (χ0n) is 56.0. The number of carboxylic acid groups (broad SMARTS) is 1. The molecule has 3 amide bonds. The van der Waals surface area contributed by atoms with Crippen molar-refractivity contribution in [3.8, 4) is 23.8 Å². The van der Waals surface area contributed by atoms with E-state index in [1.54, 1.807) is 16.9 Å². The predicted molar refractivity (Wildman–Crippen MR) is 372 cm³/mol. The summed E-state index contributed by atoms with van der Waals surface area (Å²) >= 11 is 18.3. The summed E-state index contributed by atoms with van der Waals surface area (Å²) in [5.74, 6) is 1.68. The van der Waals surface area contributed by atoms with Gasteiger partial charge in [-0.2, -0.15) is 17.5 Å². The van der Waals surface area contributed by atoms with Gasteiger partial charge in [0.2, 0.25) is 10.7 Å². The minimum absolute atomic E-state index is 0.0223. The summed E-state index contributed by atoms with van der Waals surface area (Å²) in [4.78, 5) is 84.7. The van der Waals surface area contributed by atoms with Gasteiger partial charge in [-0.15, -0.1) is 18.0 Å². The van der Waals surface area contributed by atoms with Crippen LogP contribution in [0.3, 0.4) is 0 Å². The average Bonchev–Trinajstić information content (AvgIpc) is 1.76. The molecule has 10 rings (SSSR count). The number of aliphatic carboxylic acids is 1. The number of sulfone groups is 1. The molecule has 34 heteroatoms. The molecule has 3 N–H and O–H groups in total. The number of methoxy groups -OCH3 is 1. The van der Waals surface area contributed by atoms with Gasteiger partial charge in [0.15, 0.2) is 38.6 Å². The number of amides is 3. The first-order valence-corrected chi connectivity index (χ1v) is 38.5. The molecule has 6 aromatic rings. The molecular formula is C65H78Cl3F4N8O15PS3. The number of terminal acetylenes is 1. The van der Waals surface area contributed by atoms with Gasteiger partial charge in [0.25, 0.3) is 11.8 Å². The number of nitrogens with one attached hydrogen (secondary N) is 1. The average molecular weight is 1520 g/mol. The highest BCUT2D eigenvalue weighted by Gasteiger charge is 2.38. The summed E-state index contributed by atoms with van der Waals surface area (Å²) < 4.78 is 114. The number of nitrogens with zero attached hydrogens (tertiary/aromatic N) is 7. The number of benzene rings is 4. The largest absolute Gasteiger partial charge is 0.778 e. The van der Waals surface area contributed by atoms with E-state index in [4.69, 9.17) is 70.0 Å². The number of halogens is 7. The van der Waals surface area contributed by atoms with Crippen LogP contribution in [0, 0.1) is 30.5 Å². The van der Waals surface area contributed by atoms with Crippen LogP contribution in [0.15, 0.2) is 93.4 Å². The molecule has 4 aromatic carbocycles. The molecule has 0 bridgehead atoms. The van der Waals surface area contributed by atoms with Crippen molar-refractivity contribution in [2.45, 2.75) is 108 Å². The molecule has 0 saturated heterocycles. The van der Waals surface area contributed by atoms with E-state index in [-0.39, 0.29) is 77.0 Å². The molecule has 2 aromatic heterocycles. The van der Waals surface area contributed by atoms with Crippen molar-refractivity contribution in [3.05, 3.63) is 129 Å². The van der Waals surface area contributed by atoms with Gasteiger partial charge in [0, 0.05) is 55.4 Å². The van der Waals surface area contributed by atoms with Gasteiger partial charge in [-0.05, 0) is 104 Å². The minimum Gasteiger partial charge on any atom is -0.778 e. The third kappa shape index (κ3) is 23.9. The second-order valence-electron chi connectivity index (χ2n) is 24.0. The van der Waals surface area contributed by atoms with Crippen molar-refractivity contribution in [3.63, 3.8) is 0 Å². The zero-order chi connectivity index (χ0) is 74.1. The Morgan fingerprint density at radius 3 is 2.28 bits per heavy atom. The van der Waals surface area contributed by atoms with E-state index >= 15 is 0 Å². The molecule has 3 unspecified atom stereocenters. The number of carbonyl (C=O) groups is 5. The molecule has 3 atom stereocenters. The fourth-order valence-electron chi connectivity index (χ4n) is 10.0. The number of ether oxygens (including phenoxy) is 3. The number of alkyl halides is 6. The number of hydrogen-bond acceptors (Lipinski definition) is 18. The number of hydrogen-bond donors (Lipinski definition) is 3. The Morgan fingerprint density at radius 2 is 1.71 bits per heavy atom. The topological polar surface area (TPSA) is 306 Å². The number of aromatic nitrogens is 3. The van der Waals surface area contributed by atoms with E-state index in [2.05, 4.69) is 66.0 Å². The lowest BCUT2D eigenvalue weighted by atomic mass is 9.92. The summed E-state index contributed by atoms with van der Waals surface area (Å²) in [6.07, 6.45) is 11.8. The van der Waals surface area contributed by atoms with E-state index in [9.17, 15) is 59.4 Å². The van der Waals surface area contributed by atoms with Gasteiger partial charge < -0.3 is 52.6 Å². The predicted octanol–water partition coefficient (Wildman–Crippen LogP) is 9.89. The summed E-state index contributed by atoms with van der Waals surface area (Å²) in [5, 5.41) is 13.5. The van der Waals surface area contributed by atoms with Crippen LogP contribution in [-0.2, 0) is 74.8 Å². The van der Waals surface area contributed by atoms with E-state index in [1.807, 2.05) is 67.1 Å². The maximum Gasteiger partial charge on any atom is 0.416 e. The minimum atomic E-state index is -4.71. The molecule has 23 nitrogen and oxygen atoms in total. The first-order chi connectivity index (χ1) is 46.3. The molecule has 5 heterocycles. The Balaban J connectivity index is 0.000000226. The van der Waals surface area contributed by atoms with Crippen molar-refractivity contribution in [2.24, 2.45) is 10.4 Å². The molecule has 540 valence electrons. The van der Waals surface area contributed by atoms with Crippen molar-refractivity contribution in [1.29, 1.82) is 0 Å². The third-order valence-electron chi connectivity index (χ3n) is 14.4. The van der Waals surface area contributed by atoms with Crippen LogP contribution < -0.4 is 39.2 Å². The molecule has 4 aliphatic rings. The normalized spacial score (nSPS) is 16.0. The Bertz CT molecular complexity index is 4120. The van der Waals surface area contributed by atoms with Gasteiger partial charge in [-0.1, -0.05) is 85.4 Å². The number of anilines is 3. The van der Waals surface area contributed by atoms with Gasteiger partial charge in [0.05, 0.1) is 96.1 Å². The molecule has 0 radical (unpaired) electrons. The molecule has 1 saturated carbocycles. The molecule has 3 aliphatic heterocycles. The van der Waals surface area contributed by atoms with Crippen molar-refractivity contribution in [1.82, 2.24) is 19.4 Å².